The standard InChI is InChI=1S/C15H28N2O/c1-2-16-15(11-18)8-7-14(9-15)17(13-5-6-13)10-12-3-4-12/h12-14,16,18H,2-11H2,1H3. The Labute approximate surface area is 111 Å². The molecule has 0 bridgehead atoms. The Bertz CT molecular complexity index is 288. The summed E-state index contributed by atoms with van der Waals surface area (Å²) in [6.45, 7) is 4.76. The molecule has 18 heavy (non-hydrogen) atoms. The van der Waals surface area contributed by atoms with Gasteiger partial charge < -0.3 is 10.4 Å². The summed E-state index contributed by atoms with van der Waals surface area (Å²) in [6, 6.07) is 1.61. The monoisotopic (exact) mass is 252 g/mol. The van der Waals surface area contributed by atoms with Crippen molar-refractivity contribution in [3.05, 3.63) is 0 Å². The van der Waals surface area contributed by atoms with E-state index in [4.69, 9.17) is 0 Å². The van der Waals surface area contributed by atoms with Gasteiger partial charge in [-0.15, -0.1) is 0 Å². The predicted molar refractivity (Wildman–Crippen MR) is 73.6 cm³/mol. The first kappa shape index (κ1) is 12.9. The third kappa shape index (κ3) is 2.73. The van der Waals surface area contributed by atoms with Gasteiger partial charge in [-0.25, -0.2) is 0 Å². The second kappa shape index (κ2) is 5.10. The first-order chi connectivity index (χ1) is 8.76. The summed E-state index contributed by atoms with van der Waals surface area (Å²) in [5.41, 5.74) is 0.0239. The second-order valence-electron chi connectivity index (χ2n) is 6.74. The van der Waals surface area contributed by atoms with E-state index in [1.807, 2.05) is 0 Å². The van der Waals surface area contributed by atoms with Gasteiger partial charge in [0.1, 0.15) is 0 Å². The Kier molecular flexibility index (Phi) is 3.65. The first-order valence-corrected chi connectivity index (χ1v) is 7.88. The van der Waals surface area contributed by atoms with Crippen molar-refractivity contribution >= 4 is 0 Å². The van der Waals surface area contributed by atoms with E-state index < -0.39 is 0 Å². The molecule has 0 aliphatic heterocycles. The van der Waals surface area contributed by atoms with E-state index in [0.717, 1.165) is 37.4 Å². The SMILES string of the molecule is CCNC1(CO)CCC(N(CC2CC2)C2CC2)C1. The molecule has 2 atom stereocenters. The van der Waals surface area contributed by atoms with Gasteiger partial charge in [0.05, 0.1) is 6.61 Å². The van der Waals surface area contributed by atoms with Gasteiger partial charge in [0.2, 0.25) is 0 Å². The largest absolute Gasteiger partial charge is 0.394 e. The summed E-state index contributed by atoms with van der Waals surface area (Å²) in [5.74, 6) is 0.994. The molecule has 3 aliphatic carbocycles. The molecule has 3 fully saturated rings. The van der Waals surface area contributed by atoms with Crippen molar-refractivity contribution in [2.45, 2.75) is 69.5 Å². The van der Waals surface area contributed by atoms with Crippen LogP contribution in [0.25, 0.3) is 0 Å². The molecular weight excluding hydrogens is 224 g/mol. The van der Waals surface area contributed by atoms with Crippen molar-refractivity contribution in [1.82, 2.24) is 10.2 Å². The summed E-state index contributed by atoms with van der Waals surface area (Å²) in [7, 11) is 0. The highest BCUT2D eigenvalue weighted by molar-refractivity contribution is 5.02. The Morgan fingerprint density at radius 3 is 2.50 bits per heavy atom. The predicted octanol–water partition coefficient (Wildman–Crippen LogP) is 1.75. The van der Waals surface area contributed by atoms with Crippen LogP contribution in [0.5, 0.6) is 0 Å². The van der Waals surface area contributed by atoms with Crippen LogP contribution < -0.4 is 5.32 Å². The van der Waals surface area contributed by atoms with Crippen molar-refractivity contribution in [3.8, 4) is 0 Å². The van der Waals surface area contributed by atoms with E-state index in [1.54, 1.807) is 0 Å². The summed E-state index contributed by atoms with van der Waals surface area (Å²) < 4.78 is 0. The Morgan fingerprint density at radius 1 is 1.17 bits per heavy atom. The molecule has 0 saturated heterocycles. The summed E-state index contributed by atoms with van der Waals surface area (Å²) in [6.07, 6.45) is 9.31. The van der Waals surface area contributed by atoms with Gasteiger partial charge in [0, 0.05) is 24.2 Å². The Balaban J connectivity index is 1.61. The maximum Gasteiger partial charge on any atom is 0.0613 e. The number of hydrogen-bond acceptors (Lipinski definition) is 3. The molecule has 0 aromatic rings. The topological polar surface area (TPSA) is 35.5 Å². The fourth-order valence-corrected chi connectivity index (χ4v) is 3.72. The molecule has 2 N–H and O–H groups in total. The van der Waals surface area contributed by atoms with Gasteiger partial charge in [-0.1, -0.05) is 6.92 Å². The number of nitrogens with zero attached hydrogens (tertiary/aromatic N) is 1. The number of nitrogens with one attached hydrogen (secondary N) is 1. The summed E-state index contributed by atoms with van der Waals surface area (Å²) >= 11 is 0. The van der Waals surface area contributed by atoms with Crippen molar-refractivity contribution in [2.24, 2.45) is 5.92 Å². The van der Waals surface area contributed by atoms with E-state index in [2.05, 4.69) is 17.1 Å². The van der Waals surface area contributed by atoms with E-state index in [9.17, 15) is 5.11 Å². The first-order valence-electron chi connectivity index (χ1n) is 7.88. The molecular formula is C15H28N2O. The van der Waals surface area contributed by atoms with Crippen LogP contribution in [0.4, 0.5) is 0 Å². The Morgan fingerprint density at radius 2 is 1.94 bits per heavy atom. The smallest absolute Gasteiger partial charge is 0.0613 e. The summed E-state index contributed by atoms with van der Waals surface area (Å²) in [4.78, 5) is 2.80. The van der Waals surface area contributed by atoms with Crippen LogP contribution in [0.3, 0.4) is 0 Å². The zero-order chi connectivity index (χ0) is 12.6. The third-order valence-electron chi connectivity index (χ3n) is 5.09. The van der Waals surface area contributed by atoms with Gasteiger partial charge in [0.15, 0.2) is 0 Å². The van der Waals surface area contributed by atoms with Gasteiger partial charge in [-0.05, 0) is 57.4 Å². The molecule has 0 heterocycles. The maximum absolute atomic E-state index is 9.71. The van der Waals surface area contributed by atoms with Crippen LogP contribution in [-0.2, 0) is 0 Å². The third-order valence-corrected chi connectivity index (χ3v) is 5.09. The molecule has 0 aromatic heterocycles. The van der Waals surface area contributed by atoms with E-state index >= 15 is 0 Å². The minimum Gasteiger partial charge on any atom is -0.394 e. The minimum absolute atomic E-state index is 0.0239. The second-order valence-corrected chi connectivity index (χ2v) is 6.74. The Hall–Kier alpha value is -0.120. The molecule has 3 saturated carbocycles. The van der Waals surface area contributed by atoms with Crippen molar-refractivity contribution in [3.63, 3.8) is 0 Å². The normalized spacial score (nSPS) is 36.5. The van der Waals surface area contributed by atoms with Crippen molar-refractivity contribution < 1.29 is 5.11 Å². The quantitative estimate of drug-likeness (QED) is 0.724. The van der Waals surface area contributed by atoms with Crippen LogP contribution in [0.2, 0.25) is 0 Å². The van der Waals surface area contributed by atoms with Crippen LogP contribution in [-0.4, -0.2) is 47.3 Å². The van der Waals surface area contributed by atoms with E-state index in [-0.39, 0.29) is 5.54 Å². The highest BCUT2D eigenvalue weighted by Crippen LogP contribution is 2.41. The molecule has 3 aliphatic rings. The molecule has 3 heteroatoms. The van der Waals surface area contributed by atoms with Gasteiger partial charge in [0.25, 0.3) is 0 Å². The average molecular weight is 252 g/mol. The van der Waals surface area contributed by atoms with Gasteiger partial charge in [-0.2, -0.15) is 0 Å². The molecule has 104 valence electrons. The lowest BCUT2D eigenvalue weighted by Gasteiger charge is -2.32. The lowest BCUT2D eigenvalue weighted by atomic mass is 9.98. The number of hydrogen-bond donors (Lipinski definition) is 2. The lowest BCUT2D eigenvalue weighted by molar-refractivity contribution is 0.137. The van der Waals surface area contributed by atoms with E-state index in [0.29, 0.717) is 6.61 Å². The van der Waals surface area contributed by atoms with Gasteiger partial charge in [-0.3, -0.25) is 4.90 Å². The molecule has 3 rings (SSSR count). The molecule has 0 radical (unpaired) electrons. The van der Waals surface area contributed by atoms with Crippen molar-refractivity contribution in [2.75, 3.05) is 19.7 Å². The number of likely N-dealkylation sites (N-methyl/N-ethyl adjacent to an activating group) is 1. The van der Waals surface area contributed by atoms with Crippen LogP contribution in [0, 0.1) is 5.92 Å². The number of rotatable bonds is 7. The molecule has 0 spiro atoms. The average Bonchev–Trinajstić information content (AvgIpc) is 3.27. The highest BCUT2D eigenvalue weighted by atomic mass is 16.3. The van der Waals surface area contributed by atoms with Crippen LogP contribution >= 0.6 is 0 Å². The van der Waals surface area contributed by atoms with Crippen LogP contribution in [0.1, 0.15) is 51.9 Å². The highest BCUT2D eigenvalue weighted by Gasteiger charge is 2.45. The zero-order valence-electron chi connectivity index (χ0n) is 11.7. The fraction of sp³-hybridized carbons (Fsp3) is 1.00. The van der Waals surface area contributed by atoms with Crippen molar-refractivity contribution in [1.29, 1.82) is 0 Å². The summed E-state index contributed by atoms with van der Waals surface area (Å²) in [5, 5.41) is 13.3. The van der Waals surface area contributed by atoms with E-state index in [1.165, 1.54) is 38.6 Å². The zero-order valence-corrected chi connectivity index (χ0v) is 11.7. The number of aliphatic hydroxyl groups is 1. The molecule has 0 aromatic carbocycles. The fourth-order valence-electron chi connectivity index (χ4n) is 3.72. The number of aliphatic hydroxyl groups excluding tert-OH is 1. The van der Waals surface area contributed by atoms with Crippen LogP contribution in [0.15, 0.2) is 0 Å². The minimum atomic E-state index is 0.0239. The molecule has 2 unspecified atom stereocenters. The molecule has 3 nitrogen and oxygen atoms in total. The molecule has 0 amide bonds. The maximum atomic E-state index is 9.71. The lowest BCUT2D eigenvalue weighted by Crippen LogP contribution is -2.48. The van der Waals surface area contributed by atoms with Gasteiger partial charge >= 0.3 is 0 Å².